The van der Waals surface area contributed by atoms with Gasteiger partial charge in [0.25, 0.3) is 0 Å². The van der Waals surface area contributed by atoms with Crippen LogP contribution in [-0.2, 0) is 15.4 Å². The molecule has 2 unspecified atom stereocenters. The molecule has 0 saturated heterocycles. The number of nitrogens with zero attached hydrogens (tertiary/aromatic N) is 2. The minimum absolute atomic E-state index is 0.140. The molecule has 166 valence electrons. The monoisotopic (exact) mass is 458 g/mol. The van der Waals surface area contributed by atoms with Gasteiger partial charge in [0, 0.05) is 30.4 Å². The van der Waals surface area contributed by atoms with E-state index in [2.05, 4.69) is 14.7 Å². The molecule has 2 atom stereocenters. The van der Waals surface area contributed by atoms with Crippen LogP contribution in [0.15, 0.2) is 59.8 Å². The standard InChI is InChI=1S/C19H18F4N4O3S/c20-14-3-1-2-12(8-14)15-4-5-18(19(21,22)23,13-10-25-17(24)26-11-13)9-16(15)31(29,30)27-6-7-28/h1-5,8-11,15,27-28H,6-7H2,(H2,24,25,26). The van der Waals surface area contributed by atoms with Crippen molar-refractivity contribution in [2.75, 3.05) is 18.9 Å². The molecule has 1 aromatic heterocycles. The fourth-order valence-electron chi connectivity index (χ4n) is 3.26. The number of aliphatic hydroxyl groups excluding tert-OH is 1. The highest BCUT2D eigenvalue weighted by molar-refractivity contribution is 7.93. The van der Waals surface area contributed by atoms with Gasteiger partial charge in [0.2, 0.25) is 16.0 Å². The van der Waals surface area contributed by atoms with Gasteiger partial charge >= 0.3 is 6.18 Å². The fourth-order valence-corrected chi connectivity index (χ4v) is 4.68. The van der Waals surface area contributed by atoms with Gasteiger partial charge < -0.3 is 10.8 Å². The van der Waals surface area contributed by atoms with Crippen LogP contribution in [0.5, 0.6) is 0 Å². The first-order chi connectivity index (χ1) is 14.5. The molecule has 1 aliphatic carbocycles. The van der Waals surface area contributed by atoms with E-state index in [1.165, 1.54) is 12.1 Å². The molecule has 2 aromatic rings. The van der Waals surface area contributed by atoms with Gasteiger partial charge in [-0.1, -0.05) is 24.3 Å². The van der Waals surface area contributed by atoms with Crippen molar-refractivity contribution < 1.29 is 31.1 Å². The molecule has 0 radical (unpaired) electrons. The molecule has 0 fully saturated rings. The lowest BCUT2D eigenvalue weighted by molar-refractivity contribution is -0.163. The third-order valence-corrected chi connectivity index (χ3v) is 6.35. The first-order valence-electron chi connectivity index (χ1n) is 8.93. The van der Waals surface area contributed by atoms with Gasteiger partial charge in [-0.05, 0) is 23.8 Å². The minimum atomic E-state index is -4.96. The second kappa shape index (κ2) is 8.36. The third kappa shape index (κ3) is 4.45. The van der Waals surface area contributed by atoms with Crippen LogP contribution in [0.2, 0.25) is 0 Å². The van der Waals surface area contributed by atoms with Crippen LogP contribution in [0.3, 0.4) is 0 Å². The number of nitrogens with two attached hydrogens (primary N) is 1. The number of aromatic nitrogens is 2. The molecule has 0 saturated carbocycles. The summed E-state index contributed by atoms with van der Waals surface area (Å²) in [5, 5.41) is 8.96. The number of hydrogen-bond donors (Lipinski definition) is 3. The van der Waals surface area contributed by atoms with Gasteiger partial charge in [0.1, 0.15) is 11.2 Å². The summed E-state index contributed by atoms with van der Waals surface area (Å²) in [5.74, 6) is -2.12. The average molecular weight is 458 g/mol. The normalized spacial score (nSPS) is 21.7. The van der Waals surface area contributed by atoms with Crippen LogP contribution in [0.4, 0.5) is 23.5 Å². The van der Waals surface area contributed by atoms with E-state index in [0.717, 1.165) is 36.7 Å². The SMILES string of the molecule is Nc1ncc(C2(C(F)(F)F)C=CC(c3cccc(F)c3)C(S(=O)(=O)NCCO)=C2)cn1. The number of halogens is 4. The van der Waals surface area contributed by atoms with Gasteiger partial charge in [-0.25, -0.2) is 27.5 Å². The Morgan fingerprint density at radius 2 is 1.90 bits per heavy atom. The molecule has 1 aromatic carbocycles. The van der Waals surface area contributed by atoms with E-state index in [4.69, 9.17) is 10.8 Å². The maximum Gasteiger partial charge on any atom is 0.405 e. The third-order valence-electron chi connectivity index (χ3n) is 4.77. The molecule has 1 heterocycles. The molecular weight excluding hydrogens is 440 g/mol. The van der Waals surface area contributed by atoms with E-state index in [1.807, 2.05) is 0 Å². The predicted molar refractivity (Wildman–Crippen MR) is 105 cm³/mol. The van der Waals surface area contributed by atoms with Crippen molar-refractivity contribution in [3.05, 3.63) is 76.7 Å². The maximum absolute atomic E-state index is 14.3. The summed E-state index contributed by atoms with van der Waals surface area (Å²) < 4.78 is 84.4. The lowest BCUT2D eigenvalue weighted by Gasteiger charge is -2.35. The van der Waals surface area contributed by atoms with Crippen LogP contribution in [0, 0.1) is 5.82 Å². The van der Waals surface area contributed by atoms with Crippen molar-refractivity contribution >= 4 is 16.0 Å². The van der Waals surface area contributed by atoms with Crippen LogP contribution >= 0.6 is 0 Å². The Labute approximate surface area is 175 Å². The number of nitrogens with one attached hydrogen (secondary N) is 1. The van der Waals surface area contributed by atoms with Crippen molar-refractivity contribution in [1.82, 2.24) is 14.7 Å². The summed E-state index contributed by atoms with van der Waals surface area (Å²) in [6.45, 7) is -0.980. The van der Waals surface area contributed by atoms with Gasteiger partial charge in [0.15, 0.2) is 0 Å². The smallest absolute Gasteiger partial charge is 0.395 e. The van der Waals surface area contributed by atoms with Crippen molar-refractivity contribution in [3.8, 4) is 0 Å². The summed E-state index contributed by atoms with van der Waals surface area (Å²) in [6, 6.07) is 4.89. The predicted octanol–water partition coefficient (Wildman–Crippen LogP) is 2.15. The summed E-state index contributed by atoms with van der Waals surface area (Å²) in [4.78, 5) is 6.54. The molecule has 0 aliphatic heterocycles. The highest BCUT2D eigenvalue weighted by Crippen LogP contribution is 2.49. The number of nitrogen functional groups attached to an aromatic ring is 1. The van der Waals surface area contributed by atoms with E-state index in [9.17, 15) is 26.0 Å². The maximum atomic E-state index is 14.3. The summed E-state index contributed by atoms with van der Waals surface area (Å²) in [7, 11) is -4.49. The molecule has 1 aliphatic rings. The van der Waals surface area contributed by atoms with Crippen LogP contribution in [0.1, 0.15) is 17.0 Å². The Balaban J connectivity index is 2.25. The molecule has 0 bridgehead atoms. The molecule has 7 nitrogen and oxygen atoms in total. The largest absolute Gasteiger partial charge is 0.405 e. The Morgan fingerprint density at radius 1 is 1.23 bits per heavy atom. The fraction of sp³-hybridized carbons (Fsp3) is 0.263. The number of anilines is 1. The van der Waals surface area contributed by atoms with Crippen LogP contribution < -0.4 is 10.5 Å². The van der Waals surface area contributed by atoms with E-state index in [0.29, 0.717) is 6.08 Å². The van der Waals surface area contributed by atoms with Crippen LogP contribution in [-0.4, -0.2) is 42.8 Å². The zero-order valence-corrected chi connectivity index (χ0v) is 16.7. The highest BCUT2D eigenvalue weighted by atomic mass is 32.2. The average Bonchev–Trinajstić information content (AvgIpc) is 2.71. The number of sulfonamides is 1. The van der Waals surface area contributed by atoms with Gasteiger partial charge in [-0.3, -0.25) is 0 Å². The topological polar surface area (TPSA) is 118 Å². The Morgan fingerprint density at radius 3 is 2.48 bits per heavy atom. The lowest BCUT2D eigenvalue weighted by atomic mass is 9.75. The molecule has 31 heavy (non-hydrogen) atoms. The summed E-state index contributed by atoms with van der Waals surface area (Å²) in [5.41, 5.74) is 2.20. The van der Waals surface area contributed by atoms with E-state index < -0.39 is 57.0 Å². The molecule has 0 amide bonds. The van der Waals surface area contributed by atoms with Crippen molar-refractivity contribution in [1.29, 1.82) is 0 Å². The summed E-state index contributed by atoms with van der Waals surface area (Å²) >= 11 is 0. The quantitative estimate of drug-likeness (QED) is 0.451. The van der Waals surface area contributed by atoms with Gasteiger partial charge in [0.05, 0.1) is 11.5 Å². The second-order valence-electron chi connectivity index (χ2n) is 6.76. The number of aliphatic hydroxyl groups is 1. The zero-order valence-electron chi connectivity index (χ0n) is 15.8. The molecule has 0 spiro atoms. The number of hydrogen-bond acceptors (Lipinski definition) is 6. The zero-order chi connectivity index (χ0) is 22.9. The summed E-state index contributed by atoms with van der Waals surface area (Å²) in [6.07, 6.45) is -0.839. The number of allylic oxidation sites excluding steroid dienone is 4. The van der Waals surface area contributed by atoms with Crippen LogP contribution in [0.25, 0.3) is 0 Å². The molecule has 3 rings (SSSR count). The molecule has 12 heteroatoms. The number of rotatable bonds is 6. The number of alkyl halides is 3. The van der Waals surface area contributed by atoms with E-state index in [-0.39, 0.29) is 11.5 Å². The van der Waals surface area contributed by atoms with Crippen molar-refractivity contribution in [2.24, 2.45) is 0 Å². The van der Waals surface area contributed by atoms with Crippen molar-refractivity contribution in [2.45, 2.75) is 17.5 Å². The first kappa shape index (κ1) is 22.8. The van der Waals surface area contributed by atoms with Crippen molar-refractivity contribution in [3.63, 3.8) is 0 Å². The first-order valence-corrected chi connectivity index (χ1v) is 10.4. The Kier molecular flexibility index (Phi) is 6.16. The lowest BCUT2D eigenvalue weighted by Crippen LogP contribution is -2.43. The molecule has 4 N–H and O–H groups in total. The van der Waals surface area contributed by atoms with Gasteiger partial charge in [-0.2, -0.15) is 13.2 Å². The van der Waals surface area contributed by atoms with E-state index >= 15 is 0 Å². The second-order valence-corrected chi connectivity index (χ2v) is 8.52. The Bertz CT molecular complexity index is 1120. The number of benzene rings is 1. The highest BCUT2D eigenvalue weighted by Gasteiger charge is 2.56. The molecular formula is C19H18F4N4O3S. The van der Waals surface area contributed by atoms with Gasteiger partial charge in [-0.15, -0.1) is 0 Å². The minimum Gasteiger partial charge on any atom is -0.395 e. The Hall–Kier alpha value is -2.83. The van der Waals surface area contributed by atoms with E-state index in [1.54, 1.807) is 0 Å².